The molecule has 7 nitrogen and oxygen atoms in total. The first-order valence-electron chi connectivity index (χ1n) is 13.5. The van der Waals surface area contributed by atoms with Gasteiger partial charge in [0, 0.05) is 25.3 Å². The zero-order valence-electron chi connectivity index (χ0n) is 25.6. The van der Waals surface area contributed by atoms with E-state index in [1.807, 2.05) is 6.08 Å². The molecule has 1 aliphatic carbocycles. The Morgan fingerprint density at radius 2 is 1.47 bits per heavy atom. The van der Waals surface area contributed by atoms with E-state index in [0.29, 0.717) is 37.3 Å². The van der Waals surface area contributed by atoms with Crippen molar-refractivity contribution in [3.63, 3.8) is 0 Å². The fraction of sp³-hybridized carbons (Fsp3) is 0.759. The Kier molecular flexibility index (Phi) is 11.9. The molecule has 0 aliphatic heterocycles. The molecule has 0 radical (unpaired) electrons. The Bertz CT molecular complexity index is 934. The molecule has 1 aliphatic rings. The third kappa shape index (κ3) is 10.5. The normalized spacial score (nSPS) is 19.1. The van der Waals surface area contributed by atoms with E-state index in [2.05, 4.69) is 39.2 Å². The lowest BCUT2D eigenvalue weighted by Crippen LogP contribution is -2.46. The molecule has 9 heteroatoms. The second-order valence-electron chi connectivity index (χ2n) is 13.5. The Balaban J connectivity index is 3.75. The molecule has 0 heterocycles. The smallest absolute Gasteiger partial charge is 0.339 e. The summed E-state index contributed by atoms with van der Waals surface area (Å²) in [7, 11) is -2.07. The number of hydrogen-bond donors (Lipinski definition) is 1. The van der Waals surface area contributed by atoms with E-state index < -0.39 is 43.4 Å². The number of alkyl halides is 1. The van der Waals surface area contributed by atoms with Crippen molar-refractivity contribution in [1.82, 2.24) is 5.32 Å². The molecule has 1 rings (SSSR count). The predicted octanol–water partition coefficient (Wildman–Crippen LogP) is 6.46. The van der Waals surface area contributed by atoms with Crippen LogP contribution in [0.5, 0.6) is 0 Å². The van der Waals surface area contributed by atoms with Crippen molar-refractivity contribution in [3.8, 4) is 0 Å². The topological polar surface area (TPSA) is 90.9 Å². The lowest BCUT2D eigenvalue weighted by molar-refractivity contribution is -0.154. The fourth-order valence-corrected chi connectivity index (χ4v) is 5.13. The predicted molar refractivity (Wildman–Crippen MR) is 156 cm³/mol. The third-order valence-corrected chi connectivity index (χ3v) is 11.5. The molecule has 2 atom stereocenters. The molecule has 0 aromatic heterocycles. The van der Waals surface area contributed by atoms with Gasteiger partial charge in [0.25, 0.3) is 0 Å². The van der Waals surface area contributed by atoms with E-state index in [9.17, 15) is 14.4 Å². The lowest BCUT2D eigenvalue weighted by Gasteiger charge is -2.38. The molecule has 0 unspecified atom stereocenters. The number of ether oxygens (including phenoxy) is 2. The van der Waals surface area contributed by atoms with Gasteiger partial charge in [0.15, 0.2) is 8.32 Å². The summed E-state index contributed by atoms with van der Waals surface area (Å²) in [4.78, 5) is 39.7. The zero-order chi connectivity index (χ0) is 29.7. The SMILES string of the molecule is CC(=O)N[C@H]1C=C(CCCCl)C(C(=O)OC(C)(C)C)=C(C(=O)OC(C)(C)C)[C@H]1CCO[Si](C)(C)C(C)(C)C. The molecule has 0 bridgehead atoms. The number of hydrogen-bond acceptors (Lipinski definition) is 6. The molecule has 1 N–H and O–H groups in total. The minimum absolute atomic E-state index is 0.0107. The second kappa shape index (κ2) is 13.1. The van der Waals surface area contributed by atoms with E-state index in [0.717, 1.165) is 0 Å². The molecule has 38 heavy (non-hydrogen) atoms. The Labute approximate surface area is 236 Å². The van der Waals surface area contributed by atoms with Crippen LogP contribution in [0, 0.1) is 5.92 Å². The quantitative estimate of drug-likeness (QED) is 0.184. The highest BCUT2D eigenvalue weighted by atomic mass is 35.5. The molecule has 0 aromatic rings. The second-order valence-corrected chi connectivity index (χ2v) is 18.7. The van der Waals surface area contributed by atoms with Gasteiger partial charge in [-0.1, -0.05) is 26.8 Å². The molecule has 0 fully saturated rings. The summed E-state index contributed by atoms with van der Waals surface area (Å²) in [6, 6.07) is -0.519. The maximum absolute atomic E-state index is 13.8. The molecule has 0 saturated carbocycles. The van der Waals surface area contributed by atoms with E-state index in [-0.39, 0.29) is 22.1 Å². The zero-order valence-corrected chi connectivity index (χ0v) is 27.4. The van der Waals surface area contributed by atoms with Crippen molar-refractivity contribution in [2.75, 3.05) is 12.5 Å². The summed E-state index contributed by atoms with van der Waals surface area (Å²) in [5, 5.41) is 3.00. The van der Waals surface area contributed by atoms with Crippen LogP contribution in [0.2, 0.25) is 18.1 Å². The van der Waals surface area contributed by atoms with Crippen LogP contribution >= 0.6 is 11.6 Å². The first-order chi connectivity index (χ1) is 17.1. The number of halogens is 1. The lowest BCUT2D eigenvalue weighted by atomic mass is 9.76. The average Bonchev–Trinajstić information content (AvgIpc) is 2.68. The van der Waals surface area contributed by atoms with Gasteiger partial charge in [-0.3, -0.25) is 4.79 Å². The third-order valence-electron chi connectivity index (χ3n) is 6.64. The van der Waals surface area contributed by atoms with Crippen LogP contribution in [0.25, 0.3) is 0 Å². The fourth-order valence-electron chi connectivity index (χ4n) is 3.93. The van der Waals surface area contributed by atoms with Crippen molar-refractivity contribution in [2.24, 2.45) is 5.92 Å². The van der Waals surface area contributed by atoms with Gasteiger partial charge in [0.2, 0.25) is 5.91 Å². The van der Waals surface area contributed by atoms with Gasteiger partial charge >= 0.3 is 11.9 Å². The maximum Gasteiger partial charge on any atom is 0.339 e. The standard InChI is InChI=1S/C29H50ClNO6Si/c1-19(32)31-22-18-20(14-13-16-30)23(25(33)36-27(2,3)4)24(26(34)37-28(5,6)7)21(22)15-17-35-38(11,12)29(8,9)10/h18,21-22H,13-17H2,1-12H3,(H,31,32)/t21-,22-/m0/s1. The van der Waals surface area contributed by atoms with Crippen molar-refractivity contribution in [1.29, 1.82) is 0 Å². The van der Waals surface area contributed by atoms with Gasteiger partial charge in [0.05, 0.1) is 17.2 Å². The van der Waals surface area contributed by atoms with Crippen molar-refractivity contribution >= 4 is 37.8 Å². The molecule has 218 valence electrons. The first-order valence-corrected chi connectivity index (χ1v) is 16.9. The molecule has 0 aromatic carbocycles. The highest BCUT2D eigenvalue weighted by molar-refractivity contribution is 6.74. The summed E-state index contributed by atoms with van der Waals surface area (Å²) >= 11 is 6.00. The van der Waals surface area contributed by atoms with Crippen LogP contribution in [0.3, 0.4) is 0 Å². The Morgan fingerprint density at radius 3 is 1.92 bits per heavy atom. The summed E-state index contributed by atoms with van der Waals surface area (Å²) in [5.74, 6) is -1.57. The Hall–Kier alpha value is -1.64. The van der Waals surface area contributed by atoms with Crippen LogP contribution in [0.1, 0.15) is 88.5 Å². The number of nitrogens with one attached hydrogen (secondary N) is 1. The molecule has 1 amide bonds. The summed E-state index contributed by atoms with van der Waals surface area (Å²) < 4.78 is 18.0. The van der Waals surface area contributed by atoms with Gasteiger partial charge in [0.1, 0.15) is 11.2 Å². The molecule has 0 saturated heterocycles. The summed E-state index contributed by atoms with van der Waals surface area (Å²) in [6.45, 7) is 23.4. The van der Waals surface area contributed by atoms with Crippen LogP contribution in [-0.4, -0.2) is 55.9 Å². The van der Waals surface area contributed by atoms with E-state index in [4.69, 9.17) is 25.5 Å². The largest absolute Gasteiger partial charge is 0.457 e. The van der Waals surface area contributed by atoms with E-state index >= 15 is 0 Å². The summed E-state index contributed by atoms with van der Waals surface area (Å²) in [5.41, 5.74) is -0.499. The number of amides is 1. The van der Waals surface area contributed by atoms with Crippen molar-refractivity contribution in [3.05, 3.63) is 22.8 Å². The van der Waals surface area contributed by atoms with Crippen molar-refractivity contribution < 1.29 is 28.3 Å². The molecular weight excluding hydrogens is 522 g/mol. The highest BCUT2D eigenvalue weighted by Crippen LogP contribution is 2.40. The monoisotopic (exact) mass is 571 g/mol. The van der Waals surface area contributed by atoms with E-state index in [1.54, 1.807) is 41.5 Å². The molecular formula is C29H50ClNO6Si. The number of rotatable bonds is 10. The van der Waals surface area contributed by atoms with Gasteiger partial charge in [-0.2, -0.15) is 0 Å². The number of carbonyl (C=O) groups excluding carboxylic acids is 3. The van der Waals surface area contributed by atoms with Gasteiger partial charge in [-0.15, -0.1) is 11.6 Å². The minimum atomic E-state index is -2.07. The highest BCUT2D eigenvalue weighted by Gasteiger charge is 2.42. The van der Waals surface area contributed by atoms with Gasteiger partial charge in [-0.05, 0) is 84.5 Å². The Morgan fingerprint density at radius 1 is 0.947 bits per heavy atom. The number of carbonyl (C=O) groups is 3. The maximum atomic E-state index is 13.8. The summed E-state index contributed by atoms with van der Waals surface area (Å²) in [6.07, 6.45) is 3.33. The number of esters is 2. The van der Waals surface area contributed by atoms with Crippen molar-refractivity contribution in [2.45, 2.75) is 124 Å². The van der Waals surface area contributed by atoms with Crippen LogP contribution < -0.4 is 5.32 Å². The van der Waals surface area contributed by atoms with Crippen LogP contribution in [-0.2, 0) is 28.3 Å². The average molecular weight is 572 g/mol. The van der Waals surface area contributed by atoms with Gasteiger partial charge < -0.3 is 19.2 Å². The van der Waals surface area contributed by atoms with E-state index in [1.165, 1.54) is 6.92 Å². The van der Waals surface area contributed by atoms with Crippen LogP contribution in [0.15, 0.2) is 22.8 Å². The van der Waals surface area contributed by atoms with Gasteiger partial charge in [-0.25, -0.2) is 9.59 Å². The van der Waals surface area contributed by atoms with Crippen LogP contribution in [0.4, 0.5) is 0 Å². The first kappa shape index (κ1) is 34.4. The minimum Gasteiger partial charge on any atom is -0.457 e. The molecule has 0 spiro atoms.